The molecule has 0 unspecified atom stereocenters. The largest absolute Gasteiger partial charge is 0.389 e. The topological polar surface area (TPSA) is 38.0 Å². The SMILES string of the molecule is NC(=S)c1c(Br)cccc1Nc1ccc2c(c1)CCC2. The van der Waals surface area contributed by atoms with E-state index in [1.165, 1.54) is 30.4 Å². The number of rotatable bonds is 3. The highest BCUT2D eigenvalue weighted by molar-refractivity contribution is 9.10. The maximum Gasteiger partial charge on any atom is 0.107 e. The fourth-order valence-corrected chi connectivity index (χ4v) is 3.61. The molecule has 0 aliphatic heterocycles. The minimum atomic E-state index is 0.390. The Morgan fingerprint density at radius 2 is 1.95 bits per heavy atom. The van der Waals surface area contributed by atoms with Crippen molar-refractivity contribution in [1.82, 2.24) is 0 Å². The lowest BCUT2D eigenvalue weighted by Gasteiger charge is -2.13. The fourth-order valence-electron chi connectivity index (χ4n) is 2.68. The molecule has 3 rings (SSSR count). The van der Waals surface area contributed by atoms with E-state index in [1.54, 1.807) is 0 Å². The number of fused-ring (bicyclic) bond motifs is 1. The van der Waals surface area contributed by atoms with Crippen molar-refractivity contribution < 1.29 is 0 Å². The van der Waals surface area contributed by atoms with Gasteiger partial charge < -0.3 is 11.1 Å². The zero-order valence-corrected chi connectivity index (χ0v) is 13.4. The number of anilines is 2. The summed E-state index contributed by atoms with van der Waals surface area (Å²) in [5, 5.41) is 3.43. The number of benzene rings is 2. The van der Waals surface area contributed by atoms with Crippen molar-refractivity contribution in [3.05, 3.63) is 57.6 Å². The van der Waals surface area contributed by atoms with Crippen molar-refractivity contribution in [3.8, 4) is 0 Å². The first-order valence-electron chi connectivity index (χ1n) is 6.62. The van der Waals surface area contributed by atoms with Gasteiger partial charge in [-0.2, -0.15) is 0 Å². The first-order valence-corrected chi connectivity index (χ1v) is 7.82. The Kier molecular flexibility index (Phi) is 3.76. The lowest BCUT2D eigenvalue weighted by Crippen LogP contribution is -2.12. The minimum Gasteiger partial charge on any atom is -0.389 e. The summed E-state index contributed by atoms with van der Waals surface area (Å²) < 4.78 is 0.913. The number of nitrogens with two attached hydrogens (primary N) is 1. The minimum absolute atomic E-state index is 0.390. The third-order valence-corrected chi connectivity index (χ3v) is 4.50. The molecule has 1 aliphatic carbocycles. The van der Waals surface area contributed by atoms with Crippen LogP contribution < -0.4 is 11.1 Å². The molecule has 0 fully saturated rings. The molecule has 20 heavy (non-hydrogen) atoms. The zero-order valence-electron chi connectivity index (χ0n) is 10.9. The van der Waals surface area contributed by atoms with Crippen LogP contribution in [0.1, 0.15) is 23.1 Å². The highest BCUT2D eigenvalue weighted by Gasteiger charge is 2.13. The quantitative estimate of drug-likeness (QED) is 0.813. The summed E-state index contributed by atoms with van der Waals surface area (Å²) in [6.45, 7) is 0. The first-order chi connectivity index (χ1) is 9.65. The van der Waals surface area contributed by atoms with Crippen LogP contribution >= 0.6 is 28.1 Å². The predicted octanol–water partition coefficient (Wildman–Crippen LogP) is 4.32. The second kappa shape index (κ2) is 5.54. The van der Waals surface area contributed by atoms with Crippen LogP contribution in [-0.4, -0.2) is 4.99 Å². The molecule has 2 aromatic carbocycles. The Hall–Kier alpha value is -1.39. The highest BCUT2D eigenvalue weighted by Crippen LogP contribution is 2.30. The van der Waals surface area contributed by atoms with Crippen LogP contribution in [0.5, 0.6) is 0 Å². The predicted molar refractivity (Wildman–Crippen MR) is 91.8 cm³/mol. The Morgan fingerprint density at radius 3 is 2.75 bits per heavy atom. The van der Waals surface area contributed by atoms with E-state index in [-0.39, 0.29) is 0 Å². The molecule has 1 aliphatic rings. The van der Waals surface area contributed by atoms with Gasteiger partial charge in [-0.3, -0.25) is 0 Å². The second-order valence-electron chi connectivity index (χ2n) is 4.99. The maximum atomic E-state index is 5.82. The van der Waals surface area contributed by atoms with Gasteiger partial charge in [-0.1, -0.05) is 24.4 Å². The fraction of sp³-hybridized carbons (Fsp3) is 0.188. The van der Waals surface area contributed by atoms with Crippen molar-refractivity contribution >= 4 is 44.5 Å². The first kappa shape index (κ1) is 13.6. The lowest BCUT2D eigenvalue weighted by molar-refractivity contribution is 0.912. The average Bonchev–Trinajstić information content (AvgIpc) is 2.85. The molecule has 0 heterocycles. The summed E-state index contributed by atoms with van der Waals surface area (Å²) in [7, 11) is 0. The van der Waals surface area contributed by atoms with Crippen LogP contribution in [0, 0.1) is 0 Å². The van der Waals surface area contributed by atoms with Gasteiger partial charge in [0.1, 0.15) is 4.99 Å². The van der Waals surface area contributed by atoms with Gasteiger partial charge >= 0.3 is 0 Å². The van der Waals surface area contributed by atoms with Crippen LogP contribution in [0.2, 0.25) is 0 Å². The van der Waals surface area contributed by atoms with Gasteiger partial charge in [0.25, 0.3) is 0 Å². The molecule has 0 radical (unpaired) electrons. The van der Waals surface area contributed by atoms with Gasteiger partial charge in [0.05, 0.1) is 0 Å². The number of hydrogen-bond acceptors (Lipinski definition) is 2. The van der Waals surface area contributed by atoms with Crippen LogP contribution in [0.15, 0.2) is 40.9 Å². The molecule has 0 saturated carbocycles. The number of nitrogens with one attached hydrogen (secondary N) is 1. The summed E-state index contributed by atoms with van der Waals surface area (Å²) in [6.07, 6.45) is 3.63. The normalized spacial score (nSPS) is 13.1. The average molecular weight is 347 g/mol. The zero-order chi connectivity index (χ0) is 14.1. The molecule has 0 atom stereocenters. The Morgan fingerprint density at radius 1 is 1.15 bits per heavy atom. The summed E-state index contributed by atoms with van der Waals surface area (Å²) >= 11 is 8.64. The third kappa shape index (κ3) is 2.58. The molecular formula is C16H15BrN2S. The van der Waals surface area contributed by atoms with Crippen molar-refractivity contribution in [2.24, 2.45) is 5.73 Å². The van der Waals surface area contributed by atoms with Crippen molar-refractivity contribution in [1.29, 1.82) is 0 Å². The van der Waals surface area contributed by atoms with Crippen molar-refractivity contribution in [2.75, 3.05) is 5.32 Å². The summed E-state index contributed by atoms with van der Waals surface area (Å²) in [4.78, 5) is 0.390. The maximum absolute atomic E-state index is 5.82. The van der Waals surface area contributed by atoms with Crippen molar-refractivity contribution in [3.63, 3.8) is 0 Å². The lowest BCUT2D eigenvalue weighted by atomic mass is 10.1. The third-order valence-electron chi connectivity index (χ3n) is 3.64. The molecule has 2 nitrogen and oxygen atoms in total. The monoisotopic (exact) mass is 346 g/mol. The Balaban J connectivity index is 1.95. The molecule has 4 heteroatoms. The van der Waals surface area contributed by atoms with E-state index < -0.39 is 0 Å². The Labute approximate surface area is 132 Å². The molecule has 3 N–H and O–H groups in total. The summed E-state index contributed by atoms with van der Waals surface area (Å²) in [5.41, 5.74) is 11.6. The van der Waals surface area contributed by atoms with Crippen LogP contribution in [0.3, 0.4) is 0 Å². The van der Waals surface area contributed by atoms with Crippen LogP contribution in [0.4, 0.5) is 11.4 Å². The number of thiocarbonyl (C=S) groups is 1. The van der Waals surface area contributed by atoms with Gasteiger partial charge in [-0.05, 0) is 70.6 Å². The van der Waals surface area contributed by atoms with Gasteiger partial charge in [0, 0.05) is 21.4 Å². The molecule has 0 spiro atoms. The van der Waals surface area contributed by atoms with Crippen LogP contribution in [-0.2, 0) is 12.8 Å². The molecule has 0 saturated heterocycles. The number of halogens is 1. The van der Waals surface area contributed by atoms with Gasteiger partial charge in [0.15, 0.2) is 0 Å². The summed E-state index contributed by atoms with van der Waals surface area (Å²) in [6, 6.07) is 12.5. The van der Waals surface area contributed by atoms with E-state index in [4.69, 9.17) is 18.0 Å². The smallest absolute Gasteiger partial charge is 0.107 e. The van der Waals surface area contributed by atoms with Crippen molar-refractivity contribution in [2.45, 2.75) is 19.3 Å². The van der Waals surface area contributed by atoms with Crippen LogP contribution in [0.25, 0.3) is 0 Å². The highest BCUT2D eigenvalue weighted by atomic mass is 79.9. The van der Waals surface area contributed by atoms with E-state index in [9.17, 15) is 0 Å². The van der Waals surface area contributed by atoms with Gasteiger partial charge in [0.2, 0.25) is 0 Å². The number of aryl methyl sites for hydroxylation is 2. The number of hydrogen-bond donors (Lipinski definition) is 2. The van der Waals surface area contributed by atoms with E-state index in [1.807, 2.05) is 18.2 Å². The van der Waals surface area contributed by atoms with E-state index in [0.29, 0.717) is 4.99 Å². The van der Waals surface area contributed by atoms with Gasteiger partial charge in [-0.25, -0.2) is 0 Å². The van der Waals surface area contributed by atoms with E-state index >= 15 is 0 Å². The molecule has 102 valence electrons. The second-order valence-corrected chi connectivity index (χ2v) is 6.28. The van der Waals surface area contributed by atoms with E-state index in [0.717, 1.165) is 21.4 Å². The molecular weight excluding hydrogens is 332 g/mol. The molecule has 0 aromatic heterocycles. The van der Waals surface area contributed by atoms with E-state index in [2.05, 4.69) is 39.4 Å². The molecule has 0 bridgehead atoms. The molecule has 0 amide bonds. The standard InChI is InChI=1S/C16H15BrN2S/c17-13-5-2-6-14(15(13)16(18)20)19-12-8-7-10-3-1-4-11(10)9-12/h2,5-9,19H,1,3-4H2,(H2,18,20). The molecule has 2 aromatic rings. The van der Waals surface area contributed by atoms with Gasteiger partial charge in [-0.15, -0.1) is 0 Å². The Bertz CT molecular complexity index is 682. The summed E-state index contributed by atoms with van der Waals surface area (Å²) in [5.74, 6) is 0.